The first-order valence-electron chi connectivity index (χ1n) is 7.90. The molecule has 3 rings (SSSR count). The highest BCUT2D eigenvalue weighted by Crippen LogP contribution is 2.35. The number of halogens is 1. The van der Waals surface area contributed by atoms with Crippen molar-refractivity contribution in [1.82, 2.24) is 5.32 Å². The average molecular weight is 421 g/mol. The van der Waals surface area contributed by atoms with Gasteiger partial charge in [-0.1, -0.05) is 28.1 Å². The molecule has 26 heavy (non-hydrogen) atoms. The van der Waals surface area contributed by atoms with Gasteiger partial charge in [-0.25, -0.2) is 9.59 Å². The van der Waals surface area contributed by atoms with Crippen LogP contribution in [0.3, 0.4) is 0 Å². The maximum absolute atomic E-state index is 12.2. The van der Waals surface area contributed by atoms with E-state index < -0.39 is 12.0 Å². The van der Waals surface area contributed by atoms with Crippen LogP contribution >= 0.6 is 15.9 Å². The SMILES string of the molecule is NC(=O)NCc1ccc(C(=O)OCc2cc3c(cc2Br)OCCO3)cc1. The lowest BCUT2D eigenvalue weighted by atomic mass is 10.1. The average Bonchev–Trinajstić information content (AvgIpc) is 2.64. The summed E-state index contributed by atoms with van der Waals surface area (Å²) < 4.78 is 17.2. The van der Waals surface area contributed by atoms with Gasteiger partial charge in [-0.3, -0.25) is 0 Å². The summed E-state index contributed by atoms with van der Waals surface area (Å²) in [5.41, 5.74) is 7.05. The number of hydrogen-bond donors (Lipinski definition) is 2. The van der Waals surface area contributed by atoms with E-state index in [2.05, 4.69) is 21.2 Å². The molecule has 2 amide bonds. The molecule has 0 atom stereocenters. The standard InChI is InChI=1S/C18H17BrN2O5/c19-14-8-16-15(24-5-6-25-16)7-13(14)10-26-17(22)12-3-1-11(2-4-12)9-21-18(20)23/h1-4,7-8H,5-6,9-10H2,(H3,20,21,23). The molecule has 3 N–H and O–H groups in total. The number of benzene rings is 2. The Hall–Kier alpha value is -2.74. The van der Waals surface area contributed by atoms with Crippen LogP contribution in [0.5, 0.6) is 11.5 Å². The van der Waals surface area contributed by atoms with Gasteiger partial charge in [0.1, 0.15) is 19.8 Å². The van der Waals surface area contributed by atoms with Crippen LogP contribution in [0.25, 0.3) is 0 Å². The number of carbonyl (C=O) groups is 2. The molecule has 2 aromatic carbocycles. The van der Waals surface area contributed by atoms with E-state index in [-0.39, 0.29) is 6.61 Å². The molecule has 0 aromatic heterocycles. The lowest BCUT2D eigenvalue weighted by Gasteiger charge is -2.19. The van der Waals surface area contributed by atoms with Crippen LogP contribution in [0.1, 0.15) is 21.5 Å². The Morgan fingerprint density at radius 1 is 1.12 bits per heavy atom. The van der Waals surface area contributed by atoms with Gasteiger partial charge in [0.15, 0.2) is 11.5 Å². The maximum Gasteiger partial charge on any atom is 0.338 e. The van der Waals surface area contributed by atoms with Crippen LogP contribution < -0.4 is 20.5 Å². The van der Waals surface area contributed by atoms with Gasteiger partial charge in [-0.05, 0) is 29.8 Å². The summed E-state index contributed by atoms with van der Waals surface area (Å²) in [5, 5.41) is 2.48. The lowest BCUT2D eigenvalue weighted by Crippen LogP contribution is -2.28. The van der Waals surface area contributed by atoms with Gasteiger partial charge in [-0.2, -0.15) is 0 Å². The molecular formula is C18H17BrN2O5. The molecule has 136 valence electrons. The van der Waals surface area contributed by atoms with Crippen molar-refractivity contribution in [2.75, 3.05) is 13.2 Å². The summed E-state index contributed by atoms with van der Waals surface area (Å²) in [6.07, 6.45) is 0. The normalized spacial score (nSPS) is 12.3. The van der Waals surface area contributed by atoms with Crippen LogP contribution in [-0.2, 0) is 17.9 Å². The number of esters is 1. The van der Waals surface area contributed by atoms with Gasteiger partial charge in [0.2, 0.25) is 0 Å². The van der Waals surface area contributed by atoms with E-state index in [1.54, 1.807) is 36.4 Å². The predicted molar refractivity (Wildman–Crippen MR) is 97.1 cm³/mol. The molecule has 1 aliphatic rings. The Labute approximate surface area is 158 Å². The summed E-state index contributed by atoms with van der Waals surface area (Å²) in [6.45, 7) is 1.40. The fourth-order valence-electron chi connectivity index (χ4n) is 2.39. The van der Waals surface area contributed by atoms with Crippen molar-refractivity contribution < 1.29 is 23.8 Å². The van der Waals surface area contributed by atoms with Gasteiger partial charge < -0.3 is 25.3 Å². The third-order valence-corrected chi connectivity index (χ3v) is 4.46. The number of fused-ring (bicyclic) bond motifs is 1. The molecule has 8 heteroatoms. The Balaban J connectivity index is 1.61. The van der Waals surface area contributed by atoms with E-state index in [0.717, 1.165) is 15.6 Å². The molecule has 0 radical (unpaired) electrons. The first-order chi connectivity index (χ1) is 12.5. The fraction of sp³-hybridized carbons (Fsp3) is 0.222. The number of ether oxygens (including phenoxy) is 3. The minimum absolute atomic E-state index is 0.0983. The third kappa shape index (κ3) is 4.45. The number of primary amides is 1. The highest BCUT2D eigenvalue weighted by Gasteiger charge is 2.16. The van der Waals surface area contributed by atoms with Crippen molar-refractivity contribution in [2.45, 2.75) is 13.2 Å². The second kappa shape index (κ2) is 8.09. The zero-order valence-electron chi connectivity index (χ0n) is 13.8. The van der Waals surface area contributed by atoms with E-state index in [1.165, 1.54) is 0 Å². The molecule has 7 nitrogen and oxygen atoms in total. The quantitative estimate of drug-likeness (QED) is 0.724. The van der Waals surface area contributed by atoms with Gasteiger partial charge in [0.25, 0.3) is 0 Å². The minimum atomic E-state index is -0.599. The zero-order valence-corrected chi connectivity index (χ0v) is 15.4. The topological polar surface area (TPSA) is 99.9 Å². The summed E-state index contributed by atoms with van der Waals surface area (Å²) in [7, 11) is 0. The largest absolute Gasteiger partial charge is 0.486 e. The smallest absolute Gasteiger partial charge is 0.338 e. The molecule has 2 aromatic rings. The Morgan fingerprint density at radius 3 is 2.42 bits per heavy atom. The Morgan fingerprint density at radius 2 is 1.77 bits per heavy atom. The minimum Gasteiger partial charge on any atom is -0.486 e. The van der Waals surface area contributed by atoms with E-state index in [0.29, 0.717) is 36.8 Å². The van der Waals surface area contributed by atoms with Crippen molar-refractivity contribution in [3.8, 4) is 11.5 Å². The molecule has 0 unspecified atom stereocenters. The predicted octanol–water partition coefficient (Wildman–Crippen LogP) is 2.75. The lowest BCUT2D eigenvalue weighted by molar-refractivity contribution is 0.0471. The van der Waals surface area contributed by atoms with Crippen molar-refractivity contribution >= 4 is 27.9 Å². The van der Waals surface area contributed by atoms with Crippen LogP contribution in [0.2, 0.25) is 0 Å². The van der Waals surface area contributed by atoms with Crippen molar-refractivity contribution in [1.29, 1.82) is 0 Å². The number of nitrogens with one attached hydrogen (secondary N) is 1. The van der Waals surface area contributed by atoms with Gasteiger partial charge in [-0.15, -0.1) is 0 Å². The molecule has 0 fully saturated rings. The Kier molecular flexibility index (Phi) is 5.62. The highest BCUT2D eigenvalue weighted by atomic mass is 79.9. The molecule has 0 spiro atoms. The number of hydrogen-bond acceptors (Lipinski definition) is 5. The number of rotatable bonds is 5. The summed E-state index contributed by atoms with van der Waals surface area (Å²) in [6, 6.07) is 9.73. The molecule has 1 aliphatic heterocycles. The van der Waals surface area contributed by atoms with E-state index in [1.807, 2.05) is 0 Å². The molecule has 0 aliphatic carbocycles. The zero-order chi connectivity index (χ0) is 18.5. The van der Waals surface area contributed by atoms with Crippen LogP contribution in [0, 0.1) is 0 Å². The molecule has 0 saturated carbocycles. The fourth-order valence-corrected chi connectivity index (χ4v) is 2.83. The first-order valence-corrected chi connectivity index (χ1v) is 8.69. The number of nitrogens with two attached hydrogens (primary N) is 1. The molecule has 0 saturated heterocycles. The van der Waals surface area contributed by atoms with E-state index in [4.69, 9.17) is 19.9 Å². The third-order valence-electron chi connectivity index (χ3n) is 3.73. The van der Waals surface area contributed by atoms with Crippen molar-refractivity contribution in [2.24, 2.45) is 5.73 Å². The maximum atomic E-state index is 12.2. The molecular weight excluding hydrogens is 404 g/mol. The second-order valence-electron chi connectivity index (χ2n) is 5.58. The summed E-state index contributed by atoms with van der Waals surface area (Å²) in [4.78, 5) is 22.9. The van der Waals surface area contributed by atoms with Crippen LogP contribution in [0.4, 0.5) is 4.79 Å². The van der Waals surface area contributed by atoms with Crippen LogP contribution in [0.15, 0.2) is 40.9 Å². The summed E-state index contributed by atoms with van der Waals surface area (Å²) >= 11 is 3.45. The molecule has 1 heterocycles. The van der Waals surface area contributed by atoms with E-state index in [9.17, 15) is 9.59 Å². The number of amides is 2. The summed E-state index contributed by atoms with van der Waals surface area (Å²) in [5.74, 6) is 0.858. The second-order valence-corrected chi connectivity index (χ2v) is 6.43. The monoisotopic (exact) mass is 420 g/mol. The van der Waals surface area contributed by atoms with Crippen LogP contribution in [-0.4, -0.2) is 25.2 Å². The first kappa shape index (κ1) is 18.1. The van der Waals surface area contributed by atoms with E-state index >= 15 is 0 Å². The number of urea groups is 1. The van der Waals surface area contributed by atoms with Crippen molar-refractivity contribution in [3.63, 3.8) is 0 Å². The van der Waals surface area contributed by atoms with Gasteiger partial charge in [0, 0.05) is 16.6 Å². The van der Waals surface area contributed by atoms with Crippen molar-refractivity contribution in [3.05, 3.63) is 57.6 Å². The highest BCUT2D eigenvalue weighted by molar-refractivity contribution is 9.10. The van der Waals surface area contributed by atoms with Gasteiger partial charge in [0.05, 0.1) is 5.56 Å². The molecule has 0 bridgehead atoms. The number of carbonyl (C=O) groups excluding carboxylic acids is 2. The van der Waals surface area contributed by atoms with Gasteiger partial charge >= 0.3 is 12.0 Å². The Bertz CT molecular complexity index is 823.